The Bertz CT molecular complexity index is 680. The Kier molecular flexibility index (Phi) is 4.65. The number of sulfone groups is 1. The van der Waals surface area contributed by atoms with Crippen LogP contribution >= 0.6 is 0 Å². The molecule has 0 radical (unpaired) electrons. The second-order valence-corrected chi connectivity index (χ2v) is 7.20. The Morgan fingerprint density at radius 2 is 1.57 bits per heavy atom. The first-order valence-electron chi connectivity index (χ1n) is 6.73. The van der Waals surface area contributed by atoms with E-state index in [4.69, 9.17) is 5.73 Å². The first kappa shape index (κ1) is 15.5. The monoisotopic (exact) mass is 304 g/mol. The minimum absolute atomic E-state index is 0.0541. The molecule has 21 heavy (non-hydrogen) atoms. The molecule has 0 fully saturated rings. The van der Waals surface area contributed by atoms with E-state index in [1.807, 2.05) is 43.3 Å². The van der Waals surface area contributed by atoms with E-state index in [0.29, 0.717) is 10.5 Å². The van der Waals surface area contributed by atoms with E-state index in [-0.39, 0.29) is 6.54 Å². The van der Waals surface area contributed by atoms with E-state index in [0.717, 1.165) is 5.69 Å². The van der Waals surface area contributed by atoms with Crippen LogP contribution in [0, 0.1) is 0 Å². The molecule has 112 valence electrons. The van der Waals surface area contributed by atoms with Crippen LogP contribution in [0.3, 0.4) is 0 Å². The number of hydrogen-bond acceptors (Lipinski definition) is 4. The maximum absolute atomic E-state index is 12.7. The summed E-state index contributed by atoms with van der Waals surface area (Å²) in [6, 6.07) is 15.9. The average molecular weight is 304 g/mol. The van der Waals surface area contributed by atoms with Crippen molar-refractivity contribution < 1.29 is 8.42 Å². The average Bonchev–Trinajstić information content (AvgIpc) is 2.49. The van der Waals surface area contributed by atoms with Gasteiger partial charge >= 0.3 is 0 Å². The molecule has 0 aliphatic rings. The highest BCUT2D eigenvalue weighted by molar-refractivity contribution is 7.91. The molecule has 2 N–H and O–H groups in total. The molecular formula is C16H20N2O2S. The molecule has 0 amide bonds. The van der Waals surface area contributed by atoms with Crippen molar-refractivity contribution in [1.82, 2.24) is 0 Å². The van der Waals surface area contributed by atoms with Gasteiger partial charge in [-0.05, 0) is 29.8 Å². The van der Waals surface area contributed by atoms with Crippen LogP contribution in [0.1, 0.15) is 10.8 Å². The highest BCUT2D eigenvalue weighted by atomic mass is 32.2. The Morgan fingerprint density at radius 3 is 2.05 bits per heavy atom. The molecule has 0 aliphatic heterocycles. The SMILES string of the molecule is CN(C)c1ccc([C@@H](CN)S(=O)(=O)c2ccccc2)cc1. The molecule has 0 bridgehead atoms. The molecule has 0 heterocycles. The molecule has 0 saturated heterocycles. The van der Waals surface area contributed by atoms with Crippen LogP contribution in [0.15, 0.2) is 59.5 Å². The zero-order valence-corrected chi connectivity index (χ0v) is 13.0. The quantitative estimate of drug-likeness (QED) is 0.920. The van der Waals surface area contributed by atoms with Gasteiger partial charge in [0.05, 0.1) is 4.90 Å². The lowest BCUT2D eigenvalue weighted by Gasteiger charge is -2.18. The summed E-state index contributed by atoms with van der Waals surface area (Å²) in [6.07, 6.45) is 0. The van der Waals surface area contributed by atoms with Crippen molar-refractivity contribution in [3.05, 3.63) is 60.2 Å². The molecule has 0 aromatic heterocycles. The predicted octanol–water partition coefficient (Wildman–Crippen LogP) is 2.23. The molecule has 0 saturated carbocycles. The van der Waals surface area contributed by atoms with Crippen LogP contribution in [0.5, 0.6) is 0 Å². The molecule has 2 aromatic carbocycles. The van der Waals surface area contributed by atoms with Gasteiger partial charge in [0.1, 0.15) is 5.25 Å². The van der Waals surface area contributed by atoms with E-state index < -0.39 is 15.1 Å². The second-order valence-electron chi connectivity index (χ2n) is 5.07. The van der Waals surface area contributed by atoms with E-state index >= 15 is 0 Å². The van der Waals surface area contributed by atoms with Crippen molar-refractivity contribution >= 4 is 15.5 Å². The van der Waals surface area contributed by atoms with Gasteiger partial charge in [-0.3, -0.25) is 0 Å². The maximum Gasteiger partial charge on any atom is 0.186 e. The fourth-order valence-corrected chi connectivity index (χ4v) is 3.84. The van der Waals surface area contributed by atoms with Gasteiger partial charge in [-0.2, -0.15) is 0 Å². The topological polar surface area (TPSA) is 63.4 Å². The fraction of sp³-hybridized carbons (Fsp3) is 0.250. The van der Waals surface area contributed by atoms with E-state index in [9.17, 15) is 8.42 Å². The number of anilines is 1. The molecule has 4 nitrogen and oxygen atoms in total. The zero-order chi connectivity index (χ0) is 15.5. The van der Waals surface area contributed by atoms with Gasteiger partial charge < -0.3 is 10.6 Å². The maximum atomic E-state index is 12.7. The Balaban J connectivity index is 2.40. The minimum Gasteiger partial charge on any atom is -0.378 e. The number of nitrogens with two attached hydrogens (primary N) is 1. The van der Waals surface area contributed by atoms with Gasteiger partial charge in [0.2, 0.25) is 0 Å². The third-order valence-corrected chi connectivity index (χ3v) is 5.58. The highest BCUT2D eigenvalue weighted by Gasteiger charge is 2.27. The number of benzene rings is 2. The number of hydrogen-bond donors (Lipinski definition) is 1. The van der Waals surface area contributed by atoms with Gasteiger partial charge in [-0.15, -0.1) is 0 Å². The largest absolute Gasteiger partial charge is 0.378 e. The summed E-state index contributed by atoms with van der Waals surface area (Å²) in [5, 5.41) is -0.726. The Labute approximate surface area is 126 Å². The van der Waals surface area contributed by atoms with Crippen LogP contribution in [-0.4, -0.2) is 29.1 Å². The number of nitrogens with zero attached hydrogens (tertiary/aromatic N) is 1. The van der Waals surface area contributed by atoms with Crippen LogP contribution in [0.25, 0.3) is 0 Å². The summed E-state index contributed by atoms with van der Waals surface area (Å²) in [7, 11) is 0.405. The Hall–Kier alpha value is -1.85. The van der Waals surface area contributed by atoms with E-state index in [2.05, 4.69) is 0 Å². The van der Waals surface area contributed by atoms with E-state index in [1.165, 1.54) is 0 Å². The van der Waals surface area contributed by atoms with Crippen LogP contribution in [-0.2, 0) is 9.84 Å². The third kappa shape index (κ3) is 3.25. The van der Waals surface area contributed by atoms with Crippen molar-refractivity contribution in [2.75, 3.05) is 25.5 Å². The van der Waals surface area contributed by atoms with Gasteiger partial charge in [0, 0.05) is 26.3 Å². The smallest absolute Gasteiger partial charge is 0.186 e. The third-order valence-electron chi connectivity index (χ3n) is 3.44. The lowest BCUT2D eigenvalue weighted by molar-refractivity contribution is 0.582. The summed E-state index contributed by atoms with van der Waals surface area (Å²) < 4.78 is 25.4. The van der Waals surface area contributed by atoms with Crippen LogP contribution in [0.4, 0.5) is 5.69 Å². The Morgan fingerprint density at radius 1 is 1.00 bits per heavy atom. The number of rotatable bonds is 5. The van der Waals surface area contributed by atoms with Crippen LogP contribution < -0.4 is 10.6 Å². The fourth-order valence-electron chi connectivity index (χ4n) is 2.20. The second kappa shape index (κ2) is 6.28. The van der Waals surface area contributed by atoms with Crippen molar-refractivity contribution in [2.24, 2.45) is 5.73 Å². The summed E-state index contributed by atoms with van der Waals surface area (Å²) in [4.78, 5) is 2.27. The normalized spacial score (nSPS) is 12.9. The van der Waals surface area contributed by atoms with Crippen molar-refractivity contribution in [1.29, 1.82) is 0 Å². The molecular weight excluding hydrogens is 284 g/mol. The first-order chi connectivity index (χ1) is 9.96. The molecule has 2 aromatic rings. The lowest BCUT2D eigenvalue weighted by atomic mass is 10.1. The van der Waals surface area contributed by atoms with Crippen molar-refractivity contribution in [3.8, 4) is 0 Å². The first-order valence-corrected chi connectivity index (χ1v) is 8.27. The summed E-state index contributed by atoms with van der Waals surface area (Å²) in [5.74, 6) is 0. The van der Waals surface area contributed by atoms with Gasteiger partial charge in [0.15, 0.2) is 9.84 Å². The molecule has 5 heteroatoms. The lowest BCUT2D eigenvalue weighted by Crippen LogP contribution is -2.22. The standard InChI is InChI=1S/C16H20N2O2S/c1-18(2)14-10-8-13(9-11-14)16(12-17)21(19,20)15-6-4-3-5-7-15/h3-11,16H,12,17H2,1-2H3/t16-/m1/s1. The van der Waals surface area contributed by atoms with Gasteiger partial charge in [0.25, 0.3) is 0 Å². The summed E-state index contributed by atoms with van der Waals surface area (Å²) in [5.41, 5.74) is 7.47. The predicted molar refractivity (Wildman–Crippen MR) is 86.2 cm³/mol. The molecule has 2 rings (SSSR count). The van der Waals surface area contributed by atoms with Crippen LogP contribution in [0.2, 0.25) is 0 Å². The summed E-state index contributed by atoms with van der Waals surface area (Å²) >= 11 is 0. The molecule has 0 unspecified atom stereocenters. The molecule has 0 spiro atoms. The van der Waals surface area contributed by atoms with Crippen molar-refractivity contribution in [2.45, 2.75) is 10.1 Å². The summed E-state index contributed by atoms with van der Waals surface area (Å²) in [6.45, 7) is 0.0541. The molecule has 1 atom stereocenters. The zero-order valence-electron chi connectivity index (χ0n) is 12.2. The molecule has 0 aliphatic carbocycles. The highest BCUT2D eigenvalue weighted by Crippen LogP contribution is 2.29. The van der Waals surface area contributed by atoms with Gasteiger partial charge in [-0.25, -0.2) is 8.42 Å². The minimum atomic E-state index is -3.48. The van der Waals surface area contributed by atoms with E-state index in [1.54, 1.807) is 30.3 Å². The van der Waals surface area contributed by atoms with Crippen molar-refractivity contribution in [3.63, 3.8) is 0 Å². The van der Waals surface area contributed by atoms with Gasteiger partial charge in [-0.1, -0.05) is 30.3 Å².